The Morgan fingerprint density at radius 1 is 0.684 bits per heavy atom. The van der Waals surface area contributed by atoms with Crippen LogP contribution in [-0.4, -0.2) is 87.3 Å². The summed E-state index contributed by atoms with van der Waals surface area (Å²) in [5.74, 6) is -0.484. The average Bonchev–Trinajstić information content (AvgIpc) is 3.70. The van der Waals surface area contributed by atoms with Crippen molar-refractivity contribution in [2.24, 2.45) is 0 Å². The van der Waals surface area contributed by atoms with Gasteiger partial charge in [-0.25, -0.2) is 0 Å². The number of nitrogens with zero attached hydrogens (tertiary/aromatic N) is 2. The molecule has 4 heterocycles. The van der Waals surface area contributed by atoms with Crippen LogP contribution < -0.4 is 10.6 Å². The number of ether oxygens (including phenoxy) is 2. The molecule has 1 aromatic carbocycles. The van der Waals surface area contributed by atoms with Crippen LogP contribution in [0.2, 0.25) is 0 Å². The van der Waals surface area contributed by atoms with E-state index in [2.05, 4.69) is 43.3 Å². The highest BCUT2D eigenvalue weighted by molar-refractivity contribution is 7.10. The first-order chi connectivity index (χ1) is 18.7. The second kappa shape index (κ2) is 13.5. The lowest BCUT2D eigenvalue weighted by atomic mass is 10.1. The number of nitrogens with one attached hydrogen (secondary N) is 2. The number of carbonyl (C=O) groups excluding carboxylic acids is 2. The van der Waals surface area contributed by atoms with Gasteiger partial charge in [0, 0.05) is 49.0 Å². The number of morpholine rings is 2. The molecule has 0 spiro atoms. The molecule has 2 amide bonds. The van der Waals surface area contributed by atoms with Gasteiger partial charge in [-0.1, -0.05) is 24.3 Å². The Hall–Kier alpha value is -2.60. The molecule has 2 atom stereocenters. The van der Waals surface area contributed by atoms with Crippen LogP contribution in [-0.2, 0) is 9.47 Å². The van der Waals surface area contributed by atoms with Crippen LogP contribution in [0.25, 0.3) is 0 Å². The quantitative estimate of drug-likeness (QED) is 0.400. The Labute approximate surface area is 231 Å². The zero-order valence-corrected chi connectivity index (χ0v) is 23.0. The third-order valence-corrected chi connectivity index (χ3v) is 8.99. The summed E-state index contributed by atoms with van der Waals surface area (Å²) in [6.07, 6.45) is 0. The third kappa shape index (κ3) is 6.69. The van der Waals surface area contributed by atoms with Crippen molar-refractivity contribution in [3.05, 3.63) is 80.2 Å². The van der Waals surface area contributed by atoms with Crippen LogP contribution in [0.5, 0.6) is 0 Å². The zero-order chi connectivity index (χ0) is 26.2. The van der Waals surface area contributed by atoms with E-state index < -0.39 is 0 Å². The van der Waals surface area contributed by atoms with Crippen LogP contribution in [0.1, 0.15) is 42.6 Å². The van der Waals surface area contributed by atoms with Crippen LogP contribution in [0.4, 0.5) is 0 Å². The van der Waals surface area contributed by atoms with Crippen molar-refractivity contribution >= 4 is 34.5 Å². The van der Waals surface area contributed by atoms with E-state index in [-0.39, 0.29) is 23.9 Å². The van der Waals surface area contributed by atoms with E-state index in [0.717, 1.165) is 26.2 Å². The zero-order valence-electron chi connectivity index (χ0n) is 21.3. The Morgan fingerprint density at radius 3 is 1.47 bits per heavy atom. The molecule has 2 saturated heterocycles. The van der Waals surface area contributed by atoms with Crippen LogP contribution in [0, 0.1) is 0 Å². The van der Waals surface area contributed by atoms with Crippen molar-refractivity contribution in [1.82, 2.24) is 20.4 Å². The summed E-state index contributed by atoms with van der Waals surface area (Å²) in [4.78, 5) is 33.8. The minimum Gasteiger partial charge on any atom is -0.379 e. The summed E-state index contributed by atoms with van der Waals surface area (Å²) in [6, 6.07) is 15.5. The minimum atomic E-state index is -0.242. The molecular formula is C28H34N4O4S2. The number of thiophene rings is 2. The Morgan fingerprint density at radius 2 is 1.11 bits per heavy atom. The van der Waals surface area contributed by atoms with Gasteiger partial charge in [0.2, 0.25) is 0 Å². The number of hydrogen-bond donors (Lipinski definition) is 2. The second-order valence-corrected chi connectivity index (χ2v) is 11.3. The lowest BCUT2D eigenvalue weighted by Crippen LogP contribution is -2.44. The first-order valence-corrected chi connectivity index (χ1v) is 14.8. The van der Waals surface area contributed by atoms with Gasteiger partial charge < -0.3 is 20.1 Å². The maximum atomic E-state index is 13.3. The molecular weight excluding hydrogens is 520 g/mol. The van der Waals surface area contributed by atoms with E-state index in [9.17, 15) is 9.59 Å². The molecule has 2 N–H and O–H groups in total. The molecule has 2 aliphatic rings. The summed E-state index contributed by atoms with van der Waals surface area (Å²) in [7, 11) is 0. The highest BCUT2D eigenvalue weighted by atomic mass is 32.1. The average molecular weight is 555 g/mol. The Bertz CT molecular complexity index is 1070. The maximum Gasteiger partial charge on any atom is 0.252 e. The standard InChI is InChI=1S/C28H34N4O4S2/c33-27(29-19-23(25-7-3-17-37-25)31-9-13-35-14-10-31)21-5-1-2-6-22(21)28(34)30-20-24(26-8-4-18-38-26)32-11-15-36-16-12-32/h1-8,17-18,23-24H,9-16,19-20H2,(H,29,33)(H,30,34)/t23-,24+. The van der Waals surface area contributed by atoms with E-state index in [1.54, 1.807) is 46.9 Å². The van der Waals surface area contributed by atoms with Gasteiger partial charge in [0.05, 0.1) is 49.6 Å². The predicted molar refractivity (Wildman–Crippen MR) is 150 cm³/mol. The topological polar surface area (TPSA) is 83.1 Å². The van der Waals surface area contributed by atoms with Crippen molar-refractivity contribution in [3.63, 3.8) is 0 Å². The lowest BCUT2D eigenvalue weighted by molar-refractivity contribution is 0.0168. The van der Waals surface area contributed by atoms with Crippen molar-refractivity contribution in [2.75, 3.05) is 65.7 Å². The molecule has 0 radical (unpaired) electrons. The summed E-state index contributed by atoms with van der Waals surface area (Å²) in [6.45, 7) is 6.99. The van der Waals surface area contributed by atoms with E-state index in [1.807, 2.05) is 12.1 Å². The third-order valence-electron chi connectivity index (χ3n) is 7.04. The van der Waals surface area contributed by atoms with Crippen molar-refractivity contribution in [2.45, 2.75) is 12.1 Å². The number of rotatable bonds is 10. The van der Waals surface area contributed by atoms with E-state index in [0.29, 0.717) is 50.6 Å². The van der Waals surface area contributed by atoms with Gasteiger partial charge in [-0.15, -0.1) is 22.7 Å². The van der Waals surface area contributed by atoms with Gasteiger partial charge >= 0.3 is 0 Å². The Balaban J connectivity index is 1.25. The molecule has 0 bridgehead atoms. The number of hydrogen-bond acceptors (Lipinski definition) is 8. The maximum absolute atomic E-state index is 13.3. The number of amides is 2. The normalized spacial score (nSPS) is 18.5. The molecule has 2 aliphatic heterocycles. The Kier molecular flexibility index (Phi) is 9.56. The predicted octanol–water partition coefficient (Wildman–Crippen LogP) is 3.42. The van der Waals surface area contributed by atoms with Crippen molar-refractivity contribution in [3.8, 4) is 0 Å². The molecule has 10 heteroatoms. The fourth-order valence-electron chi connectivity index (χ4n) is 5.01. The van der Waals surface area contributed by atoms with Crippen LogP contribution >= 0.6 is 22.7 Å². The van der Waals surface area contributed by atoms with Crippen molar-refractivity contribution < 1.29 is 19.1 Å². The number of benzene rings is 1. The van der Waals surface area contributed by atoms with Gasteiger partial charge in [-0.2, -0.15) is 0 Å². The fraction of sp³-hybridized carbons (Fsp3) is 0.429. The molecule has 2 fully saturated rings. The highest BCUT2D eigenvalue weighted by Crippen LogP contribution is 2.27. The number of carbonyl (C=O) groups is 2. The molecule has 202 valence electrons. The molecule has 0 aliphatic carbocycles. The summed E-state index contributed by atoms with van der Waals surface area (Å²) in [5, 5.41) is 10.3. The second-order valence-electron chi connectivity index (χ2n) is 9.32. The SMILES string of the molecule is O=C(NC[C@H](c1cccs1)N1CCOCC1)c1ccccc1C(=O)NC[C@@H](c1cccs1)N1CCOCC1. The molecule has 3 aromatic rings. The first kappa shape index (κ1) is 27.0. The molecule has 8 nitrogen and oxygen atoms in total. The molecule has 2 aromatic heterocycles. The summed E-state index contributed by atoms with van der Waals surface area (Å²) in [5.41, 5.74) is 0.770. The van der Waals surface area contributed by atoms with Crippen LogP contribution in [0.15, 0.2) is 59.3 Å². The van der Waals surface area contributed by atoms with Gasteiger partial charge in [0.25, 0.3) is 11.8 Å². The molecule has 0 unspecified atom stereocenters. The molecule has 5 rings (SSSR count). The molecule has 0 saturated carbocycles. The lowest BCUT2D eigenvalue weighted by Gasteiger charge is -2.34. The highest BCUT2D eigenvalue weighted by Gasteiger charge is 2.27. The van der Waals surface area contributed by atoms with Gasteiger partial charge in [-0.3, -0.25) is 19.4 Å². The minimum absolute atomic E-state index is 0.0731. The smallest absolute Gasteiger partial charge is 0.252 e. The summed E-state index contributed by atoms with van der Waals surface area (Å²) < 4.78 is 11.1. The van der Waals surface area contributed by atoms with Crippen LogP contribution in [0.3, 0.4) is 0 Å². The van der Waals surface area contributed by atoms with Crippen molar-refractivity contribution in [1.29, 1.82) is 0 Å². The molecule has 38 heavy (non-hydrogen) atoms. The first-order valence-electron chi connectivity index (χ1n) is 13.1. The van der Waals surface area contributed by atoms with E-state index in [1.165, 1.54) is 9.75 Å². The van der Waals surface area contributed by atoms with Gasteiger partial charge in [0.15, 0.2) is 0 Å². The van der Waals surface area contributed by atoms with Gasteiger partial charge in [-0.05, 0) is 35.0 Å². The van der Waals surface area contributed by atoms with E-state index in [4.69, 9.17) is 9.47 Å². The monoisotopic (exact) mass is 554 g/mol. The fourth-order valence-corrected chi connectivity index (χ4v) is 6.73. The summed E-state index contributed by atoms with van der Waals surface area (Å²) >= 11 is 3.38. The van der Waals surface area contributed by atoms with E-state index >= 15 is 0 Å². The largest absolute Gasteiger partial charge is 0.379 e. The van der Waals surface area contributed by atoms with Gasteiger partial charge in [0.1, 0.15) is 0 Å².